The van der Waals surface area contributed by atoms with Crippen molar-refractivity contribution in [1.29, 1.82) is 0 Å². The molecule has 3 aromatic carbocycles. The van der Waals surface area contributed by atoms with Crippen molar-refractivity contribution in [3.63, 3.8) is 0 Å². The third kappa shape index (κ3) is 7.94. The van der Waals surface area contributed by atoms with Crippen LogP contribution in [0.4, 0.5) is 4.79 Å². The number of benzene rings is 3. The van der Waals surface area contributed by atoms with E-state index in [0.29, 0.717) is 18.6 Å². The van der Waals surface area contributed by atoms with E-state index in [1.165, 1.54) is 11.8 Å². The maximum atomic E-state index is 14.1. The molecule has 1 fully saturated rings. The summed E-state index contributed by atoms with van der Waals surface area (Å²) in [5.74, 6) is -1.86. The van der Waals surface area contributed by atoms with Gasteiger partial charge in [-0.2, -0.15) is 0 Å². The molecule has 3 N–H and O–H groups in total. The Bertz CT molecular complexity index is 1670. The Kier molecular flexibility index (Phi) is 10.9. The molecule has 1 heterocycles. The molecule has 0 saturated carbocycles. The van der Waals surface area contributed by atoms with Crippen LogP contribution in [0.1, 0.15) is 70.1 Å². The van der Waals surface area contributed by atoms with E-state index >= 15 is 0 Å². The van der Waals surface area contributed by atoms with Crippen LogP contribution in [0.15, 0.2) is 72.8 Å². The number of methoxy groups -OCH3 is 1. The number of nitrogens with zero attached hydrogens (tertiary/aromatic N) is 1. The molecule has 11 heteroatoms. The summed E-state index contributed by atoms with van der Waals surface area (Å²) in [6, 6.07) is 20.7. The molecule has 1 aliphatic carbocycles. The number of carbonyl (C=O) groups excluding carboxylic acids is 3. The normalized spacial score (nSPS) is 18.7. The molecule has 0 aromatic heterocycles. The van der Waals surface area contributed by atoms with Crippen LogP contribution in [0.5, 0.6) is 5.75 Å². The van der Waals surface area contributed by atoms with Crippen molar-refractivity contribution in [2.75, 3.05) is 20.3 Å². The van der Waals surface area contributed by atoms with E-state index in [9.17, 15) is 24.3 Å². The molecule has 0 spiro atoms. The summed E-state index contributed by atoms with van der Waals surface area (Å²) in [7, 11) is 1.55. The number of rotatable bonds is 12. The van der Waals surface area contributed by atoms with Gasteiger partial charge >= 0.3 is 12.1 Å². The number of likely N-dealkylation sites (tertiary alicyclic amines) is 1. The maximum Gasteiger partial charge on any atom is 0.407 e. The predicted molar refractivity (Wildman–Crippen MR) is 188 cm³/mol. The molecule has 4 atom stereocenters. The van der Waals surface area contributed by atoms with E-state index in [0.717, 1.165) is 27.8 Å². The minimum Gasteiger partial charge on any atom is -0.497 e. The summed E-state index contributed by atoms with van der Waals surface area (Å²) in [5, 5.41) is 15.6. The second kappa shape index (κ2) is 14.9. The lowest BCUT2D eigenvalue weighted by Crippen LogP contribution is -2.61. The van der Waals surface area contributed by atoms with Crippen molar-refractivity contribution in [2.24, 2.45) is 0 Å². The Balaban J connectivity index is 1.37. The van der Waals surface area contributed by atoms with Gasteiger partial charge in [-0.1, -0.05) is 60.7 Å². The molecule has 1 aliphatic heterocycles. The van der Waals surface area contributed by atoms with Gasteiger partial charge in [0.2, 0.25) is 11.8 Å². The van der Waals surface area contributed by atoms with Crippen molar-refractivity contribution in [1.82, 2.24) is 15.5 Å². The Morgan fingerprint density at radius 3 is 2.10 bits per heavy atom. The van der Waals surface area contributed by atoms with Gasteiger partial charge in [0, 0.05) is 18.9 Å². The Morgan fingerprint density at radius 2 is 1.54 bits per heavy atom. The number of carboxylic acids is 1. The molecule has 1 saturated heterocycles. The fourth-order valence-electron chi connectivity index (χ4n) is 6.97. The number of nitrogens with one attached hydrogen (secondary N) is 2. The van der Waals surface area contributed by atoms with E-state index in [1.807, 2.05) is 69.3 Å². The zero-order valence-electron chi connectivity index (χ0n) is 29.5. The highest BCUT2D eigenvalue weighted by atomic mass is 16.6. The first-order valence-electron chi connectivity index (χ1n) is 17.0. The minimum atomic E-state index is -1.42. The SMILES string of the molecule is COc1ccc(C[C@H](NC(=O)[C@@H](NC(=O)OCC2c3ccccc3-c3ccccc32)[C@@H](C)OC(C)(C)C)C(=O)N2CCC[C@@]2(C)C(=O)O)cc1. The third-order valence-electron chi connectivity index (χ3n) is 9.49. The fraction of sp³-hybridized carbons (Fsp3) is 0.436. The van der Waals surface area contributed by atoms with Crippen LogP contribution in [-0.4, -0.2) is 83.5 Å². The van der Waals surface area contributed by atoms with Crippen molar-refractivity contribution >= 4 is 23.9 Å². The Labute approximate surface area is 293 Å². The minimum absolute atomic E-state index is 0.0457. The molecule has 266 valence electrons. The second-order valence-electron chi connectivity index (χ2n) is 14.2. The first kappa shape index (κ1) is 36.4. The molecular weight excluding hydrogens is 638 g/mol. The van der Waals surface area contributed by atoms with Crippen molar-refractivity contribution in [3.05, 3.63) is 89.5 Å². The van der Waals surface area contributed by atoms with Gasteiger partial charge in [-0.15, -0.1) is 0 Å². The molecule has 11 nitrogen and oxygen atoms in total. The largest absolute Gasteiger partial charge is 0.497 e. The summed E-state index contributed by atoms with van der Waals surface area (Å²) >= 11 is 0. The van der Waals surface area contributed by atoms with Crippen LogP contribution in [0.25, 0.3) is 11.1 Å². The van der Waals surface area contributed by atoms with E-state index in [-0.39, 0.29) is 25.5 Å². The molecular formula is C39H47N3O8. The Morgan fingerprint density at radius 1 is 0.940 bits per heavy atom. The van der Waals surface area contributed by atoms with Gasteiger partial charge in [0.15, 0.2) is 0 Å². The van der Waals surface area contributed by atoms with Crippen molar-refractivity contribution < 1.29 is 38.5 Å². The zero-order chi connectivity index (χ0) is 36.2. The van der Waals surface area contributed by atoms with Gasteiger partial charge in [0.25, 0.3) is 0 Å². The number of aliphatic carboxylic acids is 1. The molecule has 3 amide bonds. The number of hydrogen-bond acceptors (Lipinski definition) is 7. The summed E-state index contributed by atoms with van der Waals surface area (Å²) < 4.78 is 17.2. The van der Waals surface area contributed by atoms with Gasteiger partial charge in [-0.05, 0) is 87.4 Å². The highest BCUT2D eigenvalue weighted by Gasteiger charge is 2.48. The standard InChI is InChI=1S/C39H47N3O8/c1-24(50-38(2,3)4)33(41-37(47)49-23-31-29-14-9-7-12-27(29)28-13-8-10-15-30(28)31)34(43)40-32(22-25-16-18-26(48-6)19-17-25)35(44)42-21-11-20-39(42,5)36(45)46/h7-10,12-19,24,31-33H,11,20-23H2,1-6H3,(H,40,43)(H,41,47)(H,45,46)/t24-,32+,33+,39+/m1/s1. The van der Waals surface area contributed by atoms with Gasteiger partial charge < -0.3 is 34.9 Å². The lowest BCUT2D eigenvalue weighted by Gasteiger charge is -2.35. The highest BCUT2D eigenvalue weighted by molar-refractivity contribution is 5.94. The number of hydrogen-bond donors (Lipinski definition) is 3. The second-order valence-corrected chi connectivity index (χ2v) is 14.2. The molecule has 0 unspecified atom stereocenters. The van der Waals surface area contributed by atoms with Crippen molar-refractivity contribution in [3.8, 4) is 16.9 Å². The van der Waals surface area contributed by atoms with Gasteiger partial charge in [0.1, 0.15) is 30.0 Å². The first-order valence-corrected chi connectivity index (χ1v) is 17.0. The van der Waals surface area contributed by atoms with E-state index < -0.39 is 53.2 Å². The van der Waals surface area contributed by atoms with Crippen LogP contribution >= 0.6 is 0 Å². The predicted octanol–water partition coefficient (Wildman–Crippen LogP) is 5.30. The Hall–Kier alpha value is -4.90. The number of ether oxygens (including phenoxy) is 3. The number of amides is 3. The van der Waals surface area contributed by atoms with Crippen molar-refractivity contribution in [2.45, 2.75) is 89.1 Å². The van der Waals surface area contributed by atoms with E-state index in [4.69, 9.17) is 14.2 Å². The maximum absolute atomic E-state index is 14.1. The molecule has 50 heavy (non-hydrogen) atoms. The summed E-state index contributed by atoms with van der Waals surface area (Å²) in [4.78, 5) is 55.3. The van der Waals surface area contributed by atoms with E-state index in [2.05, 4.69) is 10.6 Å². The zero-order valence-corrected chi connectivity index (χ0v) is 29.5. The van der Waals surface area contributed by atoms with Crippen LogP contribution in [0, 0.1) is 0 Å². The summed E-state index contributed by atoms with van der Waals surface area (Å²) in [6.07, 6.45) is -0.761. The number of fused-ring (bicyclic) bond motifs is 3. The monoisotopic (exact) mass is 685 g/mol. The van der Waals surface area contributed by atoms with Gasteiger partial charge in [0.05, 0.1) is 18.8 Å². The average Bonchev–Trinajstić information content (AvgIpc) is 3.63. The topological polar surface area (TPSA) is 144 Å². The van der Waals surface area contributed by atoms with Crippen LogP contribution in [0.2, 0.25) is 0 Å². The van der Waals surface area contributed by atoms with Crippen LogP contribution in [-0.2, 0) is 30.3 Å². The molecule has 2 aliphatic rings. The number of carboxylic acid groups (broad SMARTS) is 1. The third-order valence-corrected chi connectivity index (χ3v) is 9.49. The lowest BCUT2D eigenvalue weighted by atomic mass is 9.97. The summed E-state index contributed by atoms with van der Waals surface area (Å²) in [6.45, 7) is 8.98. The van der Waals surface area contributed by atoms with Gasteiger partial charge in [-0.3, -0.25) is 9.59 Å². The fourth-order valence-corrected chi connectivity index (χ4v) is 6.97. The molecule has 0 bridgehead atoms. The van der Waals surface area contributed by atoms with E-state index in [1.54, 1.807) is 38.3 Å². The van der Waals surface area contributed by atoms with Gasteiger partial charge in [-0.25, -0.2) is 9.59 Å². The smallest absolute Gasteiger partial charge is 0.407 e. The lowest BCUT2D eigenvalue weighted by molar-refractivity contribution is -0.156. The average molecular weight is 686 g/mol. The highest BCUT2D eigenvalue weighted by Crippen LogP contribution is 2.44. The summed E-state index contributed by atoms with van der Waals surface area (Å²) in [5.41, 5.74) is 2.92. The molecule has 0 radical (unpaired) electrons. The first-order chi connectivity index (χ1) is 23.7. The number of alkyl carbamates (subject to hydrolysis) is 1. The molecule has 5 rings (SSSR count). The quantitative estimate of drug-likeness (QED) is 0.233. The number of carbonyl (C=O) groups is 4. The van der Waals surface area contributed by atoms with Crippen LogP contribution in [0.3, 0.4) is 0 Å². The molecule has 3 aromatic rings. The van der Waals surface area contributed by atoms with Crippen LogP contribution < -0.4 is 15.4 Å².